The van der Waals surface area contributed by atoms with Crippen LogP contribution in [0.1, 0.15) is 5.82 Å². The van der Waals surface area contributed by atoms with E-state index in [0.717, 1.165) is 17.9 Å². The highest BCUT2D eigenvalue weighted by atomic mass is 16.2. The standard InChI is InChI=1S/C11H14N6O/c12-8-2-1-6-10(16-8)17-9(15-6)5-7-11(18)14-4-3-13-7/h1-2,7,13H,3-5H2,(H,14,18)(H3,12,15,16,17). The van der Waals surface area contributed by atoms with Gasteiger partial charge in [0.1, 0.15) is 11.6 Å². The number of H-pyrrole nitrogens is 1. The molecule has 7 heteroatoms. The molecule has 1 aliphatic rings. The van der Waals surface area contributed by atoms with Crippen molar-refractivity contribution in [3.8, 4) is 0 Å². The number of pyridine rings is 1. The fourth-order valence-corrected chi connectivity index (χ4v) is 2.06. The lowest BCUT2D eigenvalue weighted by Crippen LogP contribution is -2.53. The van der Waals surface area contributed by atoms with Crippen LogP contribution in [0.2, 0.25) is 0 Å². The van der Waals surface area contributed by atoms with Crippen LogP contribution in [0.4, 0.5) is 5.82 Å². The quantitative estimate of drug-likeness (QED) is 0.553. The first-order valence-corrected chi connectivity index (χ1v) is 5.84. The van der Waals surface area contributed by atoms with Gasteiger partial charge < -0.3 is 21.4 Å². The predicted molar refractivity (Wildman–Crippen MR) is 66.8 cm³/mol. The Balaban J connectivity index is 1.84. The smallest absolute Gasteiger partial charge is 0.237 e. The Morgan fingerprint density at radius 1 is 1.33 bits per heavy atom. The van der Waals surface area contributed by atoms with E-state index in [4.69, 9.17) is 5.73 Å². The number of aromatic nitrogens is 3. The Morgan fingerprint density at radius 3 is 3.06 bits per heavy atom. The number of nitrogen functional groups attached to an aromatic ring is 1. The van der Waals surface area contributed by atoms with Crippen molar-refractivity contribution in [2.24, 2.45) is 0 Å². The maximum absolute atomic E-state index is 11.6. The molecule has 3 rings (SSSR count). The molecule has 1 saturated heterocycles. The zero-order valence-corrected chi connectivity index (χ0v) is 9.73. The molecule has 0 aliphatic carbocycles. The Morgan fingerprint density at radius 2 is 2.22 bits per heavy atom. The van der Waals surface area contributed by atoms with Gasteiger partial charge in [-0.2, -0.15) is 0 Å². The summed E-state index contributed by atoms with van der Waals surface area (Å²) in [5.74, 6) is 1.18. The van der Waals surface area contributed by atoms with E-state index in [2.05, 4.69) is 25.6 Å². The number of anilines is 1. The number of hydrogen-bond donors (Lipinski definition) is 4. The first kappa shape index (κ1) is 11.0. The third-order valence-corrected chi connectivity index (χ3v) is 2.95. The van der Waals surface area contributed by atoms with Crippen LogP contribution in [0.3, 0.4) is 0 Å². The second-order valence-electron chi connectivity index (χ2n) is 4.29. The zero-order chi connectivity index (χ0) is 12.5. The highest BCUT2D eigenvalue weighted by molar-refractivity contribution is 5.82. The van der Waals surface area contributed by atoms with Crippen molar-refractivity contribution >= 4 is 22.9 Å². The van der Waals surface area contributed by atoms with Gasteiger partial charge in [0.15, 0.2) is 5.65 Å². The number of nitrogens with zero attached hydrogens (tertiary/aromatic N) is 2. The number of aromatic amines is 1. The number of nitrogens with one attached hydrogen (secondary N) is 3. The Hall–Kier alpha value is -2.15. The van der Waals surface area contributed by atoms with Crippen molar-refractivity contribution in [2.45, 2.75) is 12.5 Å². The molecule has 94 valence electrons. The fraction of sp³-hybridized carbons (Fsp3) is 0.364. The zero-order valence-electron chi connectivity index (χ0n) is 9.73. The van der Waals surface area contributed by atoms with Crippen LogP contribution in [-0.2, 0) is 11.2 Å². The van der Waals surface area contributed by atoms with E-state index in [9.17, 15) is 4.79 Å². The minimum Gasteiger partial charge on any atom is -0.384 e. The van der Waals surface area contributed by atoms with Crippen molar-refractivity contribution in [1.29, 1.82) is 0 Å². The Bertz CT molecular complexity index is 592. The van der Waals surface area contributed by atoms with Gasteiger partial charge in [-0.15, -0.1) is 0 Å². The maximum atomic E-state index is 11.6. The molecule has 1 atom stereocenters. The van der Waals surface area contributed by atoms with E-state index >= 15 is 0 Å². The summed E-state index contributed by atoms with van der Waals surface area (Å²) in [5.41, 5.74) is 7.01. The molecule has 0 saturated carbocycles. The monoisotopic (exact) mass is 246 g/mol. The molecule has 18 heavy (non-hydrogen) atoms. The van der Waals surface area contributed by atoms with Crippen LogP contribution < -0.4 is 16.4 Å². The number of rotatable bonds is 2. The van der Waals surface area contributed by atoms with Crippen molar-refractivity contribution in [3.63, 3.8) is 0 Å². The van der Waals surface area contributed by atoms with Crippen molar-refractivity contribution < 1.29 is 4.79 Å². The van der Waals surface area contributed by atoms with Crippen LogP contribution >= 0.6 is 0 Å². The number of fused-ring (bicyclic) bond motifs is 1. The number of hydrogen-bond acceptors (Lipinski definition) is 5. The summed E-state index contributed by atoms with van der Waals surface area (Å²) in [6, 6.07) is 3.31. The molecule has 5 N–H and O–H groups in total. The first-order valence-electron chi connectivity index (χ1n) is 5.84. The average molecular weight is 246 g/mol. The molecule has 0 aromatic carbocycles. The summed E-state index contributed by atoms with van der Waals surface area (Å²) in [5, 5.41) is 5.97. The molecule has 0 spiro atoms. The van der Waals surface area contributed by atoms with Gasteiger partial charge in [0.25, 0.3) is 0 Å². The summed E-state index contributed by atoms with van der Waals surface area (Å²) in [4.78, 5) is 23.2. The predicted octanol–water partition coefficient (Wildman–Crippen LogP) is -0.829. The largest absolute Gasteiger partial charge is 0.384 e. The minimum absolute atomic E-state index is 0.00850. The van der Waals surface area contributed by atoms with Crippen LogP contribution in [0.5, 0.6) is 0 Å². The lowest BCUT2D eigenvalue weighted by Gasteiger charge is -2.22. The fourth-order valence-electron chi connectivity index (χ4n) is 2.06. The lowest BCUT2D eigenvalue weighted by atomic mass is 10.1. The molecule has 7 nitrogen and oxygen atoms in total. The molecule has 2 aromatic heterocycles. The summed E-state index contributed by atoms with van der Waals surface area (Å²) < 4.78 is 0. The van der Waals surface area contributed by atoms with E-state index in [-0.39, 0.29) is 11.9 Å². The molecular formula is C11H14N6O. The van der Waals surface area contributed by atoms with E-state index in [1.165, 1.54) is 0 Å². The number of carbonyl (C=O) groups excluding carboxylic acids is 1. The second kappa shape index (κ2) is 4.26. The molecular weight excluding hydrogens is 232 g/mol. The van der Waals surface area contributed by atoms with Gasteiger partial charge in [0.05, 0.1) is 11.6 Å². The molecule has 2 aromatic rings. The van der Waals surface area contributed by atoms with Gasteiger partial charge in [-0.3, -0.25) is 4.79 Å². The Labute approximate surface area is 103 Å². The van der Waals surface area contributed by atoms with Crippen molar-refractivity contribution in [2.75, 3.05) is 18.8 Å². The van der Waals surface area contributed by atoms with Crippen molar-refractivity contribution in [1.82, 2.24) is 25.6 Å². The van der Waals surface area contributed by atoms with Gasteiger partial charge in [0.2, 0.25) is 5.91 Å². The second-order valence-corrected chi connectivity index (χ2v) is 4.29. The Kier molecular flexibility index (Phi) is 2.60. The average Bonchev–Trinajstić information content (AvgIpc) is 2.73. The van der Waals surface area contributed by atoms with Gasteiger partial charge in [-0.1, -0.05) is 0 Å². The SMILES string of the molecule is Nc1ccc2[nH]c(CC3NCCNC3=O)nc2n1. The van der Waals surface area contributed by atoms with Gasteiger partial charge >= 0.3 is 0 Å². The number of carbonyl (C=O) groups is 1. The normalized spacial score (nSPS) is 20.0. The third kappa shape index (κ3) is 2.00. The number of piperazine rings is 1. The van der Waals surface area contributed by atoms with E-state index in [0.29, 0.717) is 24.4 Å². The molecule has 1 fully saturated rings. The topological polar surface area (TPSA) is 109 Å². The maximum Gasteiger partial charge on any atom is 0.237 e. The third-order valence-electron chi connectivity index (χ3n) is 2.95. The van der Waals surface area contributed by atoms with Crippen molar-refractivity contribution in [3.05, 3.63) is 18.0 Å². The summed E-state index contributed by atoms with van der Waals surface area (Å²) in [6.07, 6.45) is 0.516. The van der Waals surface area contributed by atoms with Crippen LogP contribution in [0.25, 0.3) is 11.2 Å². The van der Waals surface area contributed by atoms with Gasteiger partial charge in [0, 0.05) is 19.5 Å². The summed E-state index contributed by atoms with van der Waals surface area (Å²) in [6.45, 7) is 1.45. The highest BCUT2D eigenvalue weighted by Gasteiger charge is 2.22. The molecule has 1 amide bonds. The van der Waals surface area contributed by atoms with Gasteiger partial charge in [-0.25, -0.2) is 9.97 Å². The van der Waals surface area contributed by atoms with E-state index < -0.39 is 0 Å². The highest BCUT2D eigenvalue weighted by Crippen LogP contribution is 2.12. The molecule has 0 bridgehead atoms. The molecule has 1 unspecified atom stereocenters. The number of amides is 1. The lowest BCUT2D eigenvalue weighted by molar-refractivity contribution is -0.124. The number of nitrogens with two attached hydrogens (primary N) is 1. The minimum atomic E-state index is -0.239. The van der Waals surface area contributed by atoms with E-state index in [1.807, 2.05) is 6.07 Å². The molecule has 3 heterocycles. The summed E-state index contributed by atoms with van der Waals surface area (Å²) >= 11 is 0. The van der Waals surface area contributed by atoms with E-state index in [1.54, 1.807) is 6.07 Å². The number of imidazole rings is 1. The molecule has 0 radical (unpaired) electrons. The van der Waals surface area contributed by atoms with Crippen LogP contribution in [-0.4, -0.2) is 40.0 Å². The summed E-state index contributed by atoms with van der Waals surface area (Å²) in [7, 11) is 0. The van der Waals surface area contributed by atoms with Crippen LogP contribution in [0.15, 0.2) is 12.1 Å². The van der Waals surface area contributed by atoms with Gasteiger partial charge in [-0.05, 0) is 12.1 Å². The van der Waals surface area contributed by atoms with Crippen LogP contribution in [0, 0.1) is 0 Å². The molecule has 1 aliphatic heterocycles. The first-order chi connectivity index (χ1) is 8.72.